The molecule has 0 bridgehead atoms. The van der Waals surface area contributed by atoms with Gasteiger partial charge in [0.1, 0.15) is 5.82 Å². The van der Waals surface area contributed by atoms with E-state index in [2.05, 4.69) is 20.7 Å². The lowest BCUT2D eigenvalue weighted by atomic mass is 10.1. The molecule has 0 atom stereocenters. The van der Waals surface area contributed by atoms with E-state index in [-0.39, 0.29) is 5.91 Å². The highest BCUT2D eigenvalue weighted by atomic mass is 16.1. The lowest BCUT2D eigenvalue weighted by Crippen LogP contribution is -2.24. The van der Waals surface area contributed by atoms with E-state index in [4.69, 9.17) is 5.84 Å². The van der Waals surface area contributed by atoms with Crippen LogP contribution in [0, 0.1) is 6.92 Å². The van der Waals surface area contributed by atoms with Crippen LogP contribution in [-0.4, -0.2) is 15.9 Å². The standard InChI is InChI=1S/C15H19N5O/c1-3-12-7-11(8-14(19-12)20-16)15(21)18-9-13-10(2)5-4-6-17-13/h4-8H,3,9,16H2,1-2H3,(H,18,21)(H,19,20). The number of hydrogen-bond donors (Lipinski definition) is 3. The maximum absolute atomic E-state index is 12.2. The zero-order valence-electron chi connectivity index (χ0n) is 12.2. The number of hydrazine groups is 1. The summed E-state index contributed by atoms with van der Waals surface area (Å²) in [5, 5.41) is 2.86. The number of aryl methyl sites for hydroxylation is 2. The molecule has 2 heterocycles. The van der Waals surface area contributed by atoms with Crippen LogP contribution in [-0.2, 0) is 13.0 Å². The number of nitrogens with zero attached hydrogens (tertiary/aromatic N) is 2. The van der Waals surface area contributed by atoms with Gasteiger partial charge in [0.25, 0.3) is 5.91 Å². The number of carbonyl (C=O) groups excluding carboxylic acids is 1. The first-order chi connectivity index (χ1) is 10.1. The summed E-state index contributed by atoms with van der Waals surface area (Å²) in [4.78, 5) is 20.7. The van der Waals surface area contributed by atoms with Crippen LogP contribution in [0.2, 0.25) is 0 Å². The van der Waals surface area contributed by atoms with E-state index in [1.165, 1.54) is 0 Å². The second-order valence-electron chi connectivity index (χ2n) is 4.68. The molecule has 0 spiro atoms. The molecule has 0 unspecified atom stereocenters. The van der Waals surface area contributed by atoms with Gasteiger partial charge >= 0.3 is 0 Å². The van der Waals surface area contributed by atoms with Crippen LogP contribution in [0.1, 0.15) is 34.2 Å². The van der Waals surface area contributed by atoms with E-state index in [9.17, 15) is 4.79 Å². The Hall–Kier alpha value is -2.47. The summed E-state index contributed by atoms with van der Waals surface area (Å²) in [5.74, 6) is 5.68. The number of aromatic nitrogens is 2. The van der Waals surface area contributed by atoms with Crippen molar-refractivity contribution in [3.05, 3.63) is 53.0 Å². The predicted octanol–water partition coefficient (Wildman–Crippen LogP) is 1.56. The van der Waals surface area contributed by atoms with Crippen molar-refractivity contribution in [2.24, 2.45) is 5.84 Å². The van der Waals surface area contributed by atoms with Crippen LogP contribution < -0.4 is 16.6 Å². The van der Waals surface area contributed by atoms with E-state index in [0.717, 1.165) is 23.4 Å². The van der Waals surface area contributed by atoms with Gasteiger partial charge in [-0.15, -0.1) is 0 Å². The molecule has 0 aliphatic rings. The molecule has 0 aliphatic heterocycles. The molecule has 0 aromatic carbocycles. The number of nitrogens with two attached hydrogens (primary N) is 1. The van der Waals surface area contributed by atoms with Crippen molar-refractivity contribution in [2.45, 2.75) is 26.8 Å². The van der Waals surface area contributed by atoms with Crippen LogP contribution >= 0.6 is 0 Å². The van der Waals surface area contributed by atoms with Crippen molar-refractivity contribution < 1.29 is 4.79 Å². The number of pyridine rings is 2. The minimum atomic E-state index is -0.173. The van der Waals surface area contributed by atoms with Crippen molar-refractivity contribution in [3.8, 4) is 0 Å². The Labute approximate surface area is 123 Å². The van der Waals surface area contributed by atoms with Gasteiger partial charge in [0.15, 0.2) is 0 Å². The van der Waals surface area contributed by atoms with Crippen LogP contribution in [0.4, 0.5) is 5.82 Å². The number of nitrogens with one attached hydrogen (secondary N) is 2. The van der Waals surface area contributed by atoms with Crippen molar-refractivity contribution in [2.75, 3.05) is 5.43 Å². The first kappa shape index (κ1) is 14.9. The smallest absolute Gasteiger partial charge is 0.251 e. The van der Waals surface area contributed by atoms with Crippen LogP contribution in [0.3, 0.4) is 0 Å². The molecule has 2 rings (SSSR count). The largest absolute Gasteiger partial charge is 0.346 e. The molecule has 6 nitrogen and oxygen atoms in total. The normalized spacial score (nSPS) is 10.2. The molecule has 0 fully saturated rings. The van der Waals surface area contributed by atoms with Gasteiger partial charge in [-0.05, 0) is 37.1 Å². The lowest BCUT2D eigenvalue weighted by Gasteiger charge is -2.09. The number of amides is 1. The van der Waals surface area contributed by atoms with E-state index in [0.29, 0.717) is 17.9 Å². The Morgan fingerprint density at radius 2 is 2.19 bits per heavy atom. The summed E-state index contributed by atoms with van der Waals surface area (Å²) in [6, 6.07) is 7.23. The van der Waals surface area contributed by atoms with Crippen molar-refractivity contribution in [1.29, 1.82) is 0 Å². The summed E-state index contributed by atoms with van der Waals surface area (Å²) in [6.45, 7) is 4.33. The highest BCUT2D eigenvalue weighted by Gasteiger charge is 2.10. The Morgan fingerprint density at radius 3 is 2.86 bits per heavy atom. The summed E-state index contributed by atoms with van der Waals surface area (Å²) in [6.07, 6.45) is 2.45. The average Bonchev–Trinajstić information content (AvgIpc) is 2.53. The molecule has 0 aliphatic carbocycles. The van der Waals surface area contributed by atoms with Crippen molar-refractivity contribution >= 4 is 11.7 Å². The van der Waals surface area contributed by atoms with Crippen LogP contribution in [0.5, 0.6) is 0 Å². The number of nitrogen functional groups attached to an aromatic ring is 1. The molecule has 6 heteroatoms. The summed E-state index contributed by atoms with van der Waals surface area (Å²) in [5.41, 5.74) is 5.72. The molecule has 4 N–H and O–H groups in total. The monoisotopic (exact) mass is 285 g/mol. The third-order valence-corrected chi connectivity index (χ3v) is 3.18. The molecule has 2 aromatic rings. The Bertz CT molecular complexity index is 619. The highest BCUT2D eigenvalue weighted by molar-refractivity contribution is 5.94. The van der Waals surface area contributed by atoms with Crippen LogP contribution in [0.25, 0.3) is 0 Å². The first-order valence-corrected chi connectivity index (χ1v) is 6.80. The molecule has 1 amide bonds. The highest BCUT2D eigenvalue weighted by Crippen LogP contribution is 2.11. The molecule has 0 saturated heterocycles. The fraction of sp³-hybridized carbons (Fsp3) is 0.267. The molecular formula is C15H19N5O. The van der Waals surface area contributed by atoms with E-state index < -0.39 is 0 Å². The molecule has 0 saturated carbocycles. The number of hydrogen-bond acceptors (Lipinski definition) is 5. The first-order valence-electron chi connectivity index (χ1n) is 6.80. The minimum Gasteiger partial charge on any atom is -0.346 e. The van der Waals surface area contributed by atoms with Gasteiger partial charge < -0.3 is 10.7 Å². The third kappa shape index (κ3) is 3.76. The van der Waals surface area contributed by atoms with Crippen LogP contribution in [0.15, 0.2) is 30.5 Å². The van der Waals surface area contributed by atoms with Gasteiger partial charge in [-0.25, -0.2) is 10.8 Å². The third-order valence-electron chi connectivity index (χ3n) is 3.18. The van der Waals surface area contributed by atoms with Gasteiger partial charge in [0.05, 0.1) is 12.2 Å². The topological polar surface area (TPSA) is 92.9 Å². The van der Waals surface area contributed by atoms with Gasteiger partial charge in [0, 0.05) is 17.5 Å². The molecule has 2 aromatic heterocycles. The maximum Gasteiger partial charge on any atom is 0.251 e. The molecule has 0 radical (unpaired) electrons. The maximum atomic E-state index is 12.2. The Kier molecular flexibility index (Phi) is 4.84. The fourth-order valence-corrected chi connectivity index (χ4v) is 1.94. The predicted molar refractivity (Wildman–Crippen MR) is 81.6 cm³/mol. The van der Waals surface area contributed by atoms with E-state index in [1.54, 1.807) is 18.3 Å². The molecule has 21 heavy (non-hydrogen) atoms. The van der Waals surface area contributed by atoms with Gasteiger partial charge in [-0.2, -0.15) is 0 Å². The minimum absolute atomic E-state index is 0.173. The summed E-state index contributed by atoms with van der Waals surface area (Å²) < 4.78 is 0. The Balaban J connectivity index is 2.11. The van der Waals surface area contributed by atoms with Gasteiger partial charge in [-0.3, -0.25) is 9.78 Å². The molecular weight excluding hydrogens is 266 g/mol. The van der Waals surface area contributed by atoms with E-state index in [1.807, 2.05) is 26.0 Å². The number of anilines is 1. The molecule has 110 valence electrons. The quantitative estimate of drug-likeness (QED) is 0.572. The SMILES string of the molecule is CCc1cc(C(=O)NCc2ncccc2C)cc(NN)n1. The average molecular weight is 285 g/mol. The zero-order valence-corrected chi connectivity index (χ0v) is 12.2. The van der Waals surface area contributed by atoms with Crippen molar-refractivity contribution in [1.82, 2.24) is 15.3 Å². The van der Waals surface area contributed by atoms with Gasteiger partial charge in [0.2, 0.25) is 0 Å². The summed E-state index contributed by atoms with van der Waals surface area (Å²) in [7, 11) is 0. The summed E-state index contributed by atoms with van der Waals surface area (Å²) >= 11 is 0. The Morgan fingerprint density at radius 1 is 1.38 bits per heavy atom. The zero-order chi connectivity index (χ0) is 15.2. The number of carbonyl (C=O) groups is 1. The fourth-order valence-electron chi connectivity index (χ4n) is 1.94. The second-order valence-corrected chi connectivity index (χ2v) is 4.68. The van der Waals surface area contributed by atoms with E-state index >= 15 is 0 Å². The van der Waals surface area contributed by atoms with Gasteiger partial charge in [-0.1, -0.05) is 13.0 Å². The number of rotatable bonds is 5. The van der Waals surface area contributed by atoms with Crippen molar-refractivity contribution in [3.63, 3.8) is 0 Å². The lowest BCUT2D eigenvalue weighted by molar-refractivity contribution is 0.0950. The second kappa shape index (κ2) is 6.81.